The molecule has 1 N–H and O–H groups in total. The number of aliphatic hydroxyl groups excluding tert-OH is 1. The highest BCUT2D eigenvalue weighted by Crippen LogP contribution is 2.09. The van der Waals surface area contributed by atoms with Crippen molar-refractivity contribution in [3.8, 4) is 0 Å². The van der Waals surface area contributed by atoms with Crippen LogP contribution in [-0.2, 0) is 0 Å². The van der Waals surface area contributed by atoms with E-state index in [9.17, 15) is 5.11 Å². The highest BCUT2D eigenvalue weighted by atomic mass is 16.3. The van der Waals surface area contributed by atoms with Crippen LogP contribution in [0.15, 0.2) is 24.7 Å². The van der Waals surface area contributed by atoms with Gasteiger partial charge in [-0.15, -0.1) is 0 Å². The maximum atomic E-state index is 9.36. The Morgan fingerprint density at radius 3 is 2.55 bits per heavy atom. The standard InChI is InChI=1S/C9H15NO/c1-8(2)7-9(11)3-4-10-5-6-10/h3-6,8-9,11H,7H2,1-2H3/b4-3-. The number of hydrogen-bond donors (Lipinski definition) is 1. The highest BCUT2D eigenvalue weighted by molar-refractivity contribution is 5.09. The topological polar surface area (TPSA) is 23.2 Å². The second kappa shape index (κ2) is 3.58. The van der Waals surface area contributed by atoms with Crippen LogP contribution in [0.5, 0.6) is 0 Å². The molecule has 0 saturated heterocycles. The number of nitrogens with zero attached hydrogens (tertiary/aromatic N) is 1. The van der Waals surface area contributed by atoms with E-state index in [0.717, 1.165) is 6.42 Å². The summed E-state index contributed by atoms with van der Waals surface area (Å²) in [4.78, 5) is 1.92. The molecular formula is C9H15NO. The van der Waals surface area contributed by atoms with Crippen molar-refractivity contribution in [2.75, 3.05) is 0 Å². The molecule has 1 heterocycles. The van der Waals surface area contributed by atoms with Crippen LogP contribution >= 0.6 is 0 Å². The molecule has 0 aromatic rings. The summed E-state index contributed by atoms with van der Waals surface area (Å²) >= 11 is 0. The third-order valence-corrected chi connectivity index (χ3v) is 1.51. The molecule has 1 unspecified atom stereocenters. The Labute approximate surface area is 67.8 Å². The summed E-state index contributed by atoms with van der Waals surface area (Å²) in [5.41, 5.74) is 0. The van der Waals surface area contributed by atoms with Crippen LogP contribution in [0.4, 0.5) is 0 Å². The summed E-state index contributed by atoms with van der Waals surface area (Å²) in [6.07, 6.45) is 8.13. The van der Waals surface area contributed by atoms with Crippen LogP contribution in [0.3, 0.4) is 0 Å². The highest BCUT2D eigenvalue weighted by Gasteiger charge is 2.04. The maximum Gasteiger partial charge on any atom is 0.0740 e. The Hall–Kier alpha value is -0.760. The summed E-state index contributed by atoms with van der Waals surface area (Å²) in [5.74, 6) is 0.553. The van der Waals surface area contributed by atoms with Crippen molar-refractivity contribution < 1.29 is 5.11 Å². The van der Waals surface area contributed by atoms with Gasteiger partial charge < -0.3 is 10.0 Å². The van der Waals surface area contributed by atoms with E-state index in [2.05, 4.69) is 13.8 Å². The van der Waals surface area contributed by atoms with Crippen molar-refractivity contribution in [1.82, 2.24) is 4.90 Å². The van der Waals surface area contributed by atoms with Gasteiger partial charge in [0.15, 0.2) is 0 Å². The lowest BCUT2D eigenvalue weighted by atomic mass is 10.1. The van der Waals surface area contributed by atoms with E-state index in [0.29, 0.717) is 5.92 Å². The van der Waals surface area contributed by atoms with Gasteiger partial charge in [-0.05, 0) is 18.4 Å². The summed E-state index contributed by atoms with van der Waals surface area (Å²) < 4.78 is 0. The molecule has 0 aromatic carbocycles. The first-order valence-corrected chi connectivity index (χ1v) is 4.00. The van der Waals surface area contributed by atoms with Crippen LogP contribution in [0, 0.1) is 5.92 Å². The molecular weight excluding hydrogens is 138 g/mol. The fourth-order valence-electron chi connectivity index (χ4n) is 0.898. The third kappa shape index (κ3) is 3.83. The Morgan fingerprint density at radius 2 is 2.09 bits per heavy atom. The van der Waals surface area contributed by atoms with Crippen molar-refractivity contribution in [2.24, 2.45) is 5.92 Å². The van der Waals surface area contributed by atoms with E-state index >= 15 is 0 Å². The molecule has 0 bridgehead atoms. The summed E-state index contributed by atoms with van der Waals surface area (Å²) in [6.45, 7) is 4.21. The molecule has 0 spiro atoms. The predicted octanol–water partition coefficient (Wildman–Crippen LogP) is 1.69. The molecule has 2 heteroatoms. The molecule has 1 atom stereocenters. The van der Waals surface area contributed by atoms with E-state index in [1.807, 2.05) is 29.6 Å². The number of aliphatic hydroxyl groups is 1. The molecule has 0 aromatic heterocycles. The summed E-state index contributed by atoms with van der Waals surface area (Å²) in [6, 6.07) is 0. The van der Waals surface area contributed by atoms with Gasteiger partial charge in [0.2, 0.25) is 0 Å². The summed E-state index contributed by atoms with van der Waals surface area (Å²) in [5, 5.41) is 9.36. The smallest absolute Gasteiger partial charge is 0.0740 e. The third-order valence-electron chi connectivity index (χ3n) is 1.51. The van der Waals surface area contributed by atoms with Crippen molar-refractivity contribution in [3.05, 3.63) is 24.7 Å². The van der Waals surface area contributed by atoms with E-state index in [-0.39, 0.29) is 6.10 Å². The average Bonchev–Trinajstić information content (AvgIpc) is 2.63. The van der Waals surface area contributed by atoms with E-state index in [4.69, 9.17) is 0 Å². The fraction of sp³-hybridized carbons (Fsp3) is 0.556. The van der Waals surface area contributed by atoms with Crippen LogP contribution in [-0.4, -0.2) is 16.1 Å². The lowest BCUT2D eigenvalue weighted by Gasteiger charge is -2.07. The zero-order valence-electron chi connectivity index (χ0n) is 7.07. The van der Waals surface area contributed by atoms with Crippen LogP contribution < -0.4 is 0 Å². The largest absolute Gasteiger partial charge is 0.389 e. The number of rotatable bonds is 4. The molecule has 11 heavy (non-hydrogen) atoms. The average molecular weight is 153 g/mol. The monoisotopic (exact) mass is 153 g/mol. The maximum absolute atomic E-state index is 9.36. The van der Waals surface area contributed by atoms with Gasteiger partial charge in [-0.2, -0.15) is 0 Å². The van der Waals surface area contributed by atoms with Gasteiger partial charge in [-0.1, -0.05) is 13.8 Å². The molecule has 1 rings (SSSR count). The minimum absolute atomic E-state index is 0.294. The minimum Gasteiger partial charge on any atom is -0.389 e. The summed E-state index contributed by atoms with van der Waals surface area (Å²) in [7, 11) is 0. The zero-order valence-corrected chi connectivity index (χ0v) is 7.07. The van der Waals surface area contributed by atoms with Crippen LogP contribution in [0.2, 0.25) is 0 Å². The van der Waals surface area contributed by atoms with Gasteiger partial charge in [0.05, 0.1) is 6.10 Å². The van der Waals surface area contributed by atoms with E-state index < -0.39 is 0 Å². The van der Waals surface area contributed by atoms with Crippen LogP contribution in [0.25, 0.3) is 0 Å². The Morgan fingerprint density at radius 1 is 1.45 bits per heavy atom. The van der Waals surface area contributed by atoms with Crippen molar-refractivity contribution in [2.45, 2.75) is 26.4 Å². The lowest BCUT2D eigenvalue weighted by Crippen LogP contribution is -2.06. The lowest BCUT2D eigenvalue weighted by molar-refractivity contribution is 0.194. The SMILES string of the molecule is CC(C)CC(O)/C=C\N1C=C1. The second-order valence-corrected chi connectivity index (χ2v) is 3.28. The van der Waals surface area contributed by atoms with Crippen molar-refractivity contribution >= 4 is 0 Å². The van der Waals surface area contributed by atoms with Crippen molar-refractivity contribution in [1.29, 1.82) is 0 Å². The van der Waals surface area contributed by atoms with Gasteiger partial charge in [-0.25, -0.2) is 0 Å². The molecule has 1 aliphatic rings. The van der Waals surface area contributed by atoms with Gasteiger partial charge in [0.25, 0.3) is 0 Å². The van der Waals surface area contributed by atoms with Gasteiger partial charge >= 0.3 is 0 Å². The Bertz CT molecular complexity index is 166. The van der Waals surface area contributed by atoms with Crippen LogP contribution in [0.1, 0.15) is 20.3 Å². The Balaban J connectivity index is 2.13. The molecule has 62 valence electrons. The van der Waals surface area contributed by atoms with Crippen molar-refractivity contribution in [3.63, 3.8) is 0 Å². The zero-order chi connectivity index (χ0) is 8.27. The first-order chi connectivity index (χ1) is 5.18. The first-order valence-electron chi connectivity index (χ1n) is 4.00. The molecule has 2 nitrogen and oxygen atoms in total. The van der Waals surface area contributed by atoms with Gasteiger partial charge in [0, 0.05) is 18.6 Å². The Kier molecular flexibility index (Phi) is 2.71. The van der Waals surface area contributed by atoms with E-state index in [1.54, 1.807) is 0 Å². The number of hydrogen-bond acceptors (Lipinski definition) is 2. The van der Waals surface area contributed by atoms with Gasteiger partial charge in [0.1, 0.15) is 0 Å². The molecule has 1 aliphatic heterocycles. The molecule has 0 aliphatic carbocycles. The molecule has 0 fully saturated rings. The second-order valence-electron chi connectivity index (χ2n) is 3.28. The minimum atomic E-state index is -0.294. The fourth-order valence-corrected chi connectivity index (χ4v) is 0.898. The first kappa shape index (κ1) is 8.34. The van der Waals surface area contributed by atoms with Gasteiger partial charge in [-0.3, -0.25) is 0 Å². The molecule has 0 amide bonds. The normalized spacial score (nSPS) is 18.4. The quantitative estimate of drug-likeness (QED) is 0.664. The van der Waals surface area contributed by atoms with E-state index in [1.165, 1.54) is 0 Å². The molecule has 0 radical (unpaired) electrons. The molecule has 0 saturated carbocycles. The predicted molar refractivity (Wildman–Crippen MR) is 45.6 cm³/mol.